The van der Waals surface area contributed by atoms with Crippen LogP contribution in [0.2, 0.25) is 0 Å². The van der Waals surface area contributed by atoms with Crippen LogP contribution < -0.4 is 16.8 Å². The quantitative estimate of drug-likeness (QED) is 0.438. The van der Waals surface area contributed by atoms with E-state index in [1.54, 1.807) is 39.0 Å². The lowest BCUT2D eigenvalue weighted by Crippen LogP contribution is -2.27. The van der Waals surface area contributed by atoms with Crippen LogP contribution in [-0.4, -0.2) is 23.9 Å². The van der Waals surface area contributed by atoms with Crippen molar-refractivity contribution in [2.24, 2.45) is 21.7 Å². The Labute approximate surface area is 131 Å². The highest BCUT2D eigenvalue weighted by Crippen LogP contribution is 2.21. The maximum absolute atomic E-state index is 11.8. The first-order valence-corrected chi connectivity index (χ1v) is 6.88. The molecule has 1 aromatic rings. The summed E-state index contributed by atoms with van der Waals surface area (Å²) < 4.78 is 6.00. The van der Waals surface area contributed by atoms with Crippen LogP contribution in [-0.2, 0) is 4.74 Å². The number of nitrogens with two attached hydrogens (primary N) is 2. The van der Waals surface area contributed by atoms with Gasteiger partial charge in [-0.1, -0.05) is 22.0 Å². The van der Waals surface area contributed by atoms with E-state index >= 15 is 0 Å². The van der Waals surface area contributed by atoms with E-state index in [4.69, 9.17) is 16.2 Å². The topological polar surface area (TPSA) is 115 Å². The van der Waals surface area contributed by atoms with Crippen LogP contribution >= 0.6 is 15.9 Å². The minimum Gasteiger partial charge on any atom is -0.444 e. The van der Waals surface area contributed by atoms with Gasteiger partial charge in [-0.2, -0.15) is 5.10 Å². The highest BCUT2D eigenvalue weighted by molar-refractivity contribution is 9.10. The molecule has 0 unspecified atom stereocenters. The van der Waals surface area contributed by atoms with E-state index < -0.39 is 11.7 Å². The number of ether oxygens (including phenoxy) is 1. The third kappa shape index (κ3) is 6.75. The zero-order valence-electron chi connectivity index (χ0n) is 12.1. The minimum absolute atomic E-state index is 0.148. The highest BCUT2D eigenvalue weighted by Gasteiger charge is 2.17. The zero-order chi connectivity index (χ0) is 16.0. The Morgan fingerprint density at radius 3 is 2.62 bits per heavy atom. The number of rotatable bonds is 3. The Balaban J connectivity index is 2.95. The molecule has 0 aliphatic carbocycles. The maximum Gasteiger partial charge on any atom is 0.412 e. The average Bonchev–Trinajstić information content (AvgIpc) is 2.29. The van der Waals surface area contributed by atoms with E-state index in [2.05, 4.69) is 31.4 Å². The predicted octanol–water partition coefficient (Wildman–Crippen LogP) is 2.40. The van der Waals surface area contributed by atoms with Gasteiger partial charge in [0.05, 0.1) is 11.9 Å². The Morgan fingerprint density at radius 2 is 2.05 bits per heavy atom. The van der Waals surface area contributed by atoms with Gasteiger partial charge in [0.15, 0.2) is 0 Å². The highest BCUT2D eigenvalue weighted by atomic mass is 79.9. The molecule has 8 heteroatoms. The molecule has 7 nitrogen and oxygen atoms in total. The average molecular weight is 356 g/mol. The fraction of sp³-hybridized carbons (Fsp3) is 0.308. The van der Waals surface area contributed by atoms with Gasteiger partial charge in [-0.25, -0.2) is 4.79 Å². The van der Waals surface area contributed by atoms with Crippen molar-refractivity contribution in [3.63, 3.8) is 0 Å². The molecule has 114 valence electrons. The van der Waals surface area contributed by atoms with Crippen LogP contribution in [0.3, 0.4) is 0 Å². The Hall–Kier alpha value is -2.09. The molecule has 5 N–H and O–H groups in total. The number of halogens is 1. The third-order valence-electron chi connectivity index (χ3n) is 2.02. The normalized spacial score (nSPS) is 11.2. The molecule has 0 aliphatic heterocycles. The number of anilines is 1. The van der Waals surface area contributed by atoms with E-state index in [9.17, 15) is 4.79 Å². The monoisotopic (exact) mass is 355 g/mol. The van der Waals surface area contributed by atoms with Crippen molar-refractivity contribution in [1.29, 1.82) is 0 Å². The van der Waals surface area contributed by atoms with Gasteiger partial charge >= 0.3 is 6.09 Å². The molecule has 0 spiro atoms. The number of guanidine groups is 1. The lowest BCUT2D eigenvalue weighted by atomic mass is 10.2. The van der Waals surface area contributed by atoms with Crippen molar-refractivity contribution in [3.8, 4) is 0 Å². The summed E-state index contributed by atoms with van der Waals surface area (Å²) in [5.41, 5.74) is 10.9. The second-order valence-electron chi connectivity index (χ2n) is 5.13. The second-order valence-corrected chi connectivity index (χ2v) is 6.04. The fourth-order valence-corrected chi connectivity index (χ4v) is 1.68. The van der Waals surface area contributed by atoms with Crippen molar-refractivity contribution >= 4 is 39.9 Å². The molecule has 0 saturated heterocycles. The van der Waals surface area contributed by atoms with Crippen molar-refractivity contribution in [2.45, 2.75) is 26.4 Å². The molecule has 0 radical (unpaired) electrons. The van der Waals surface area contributed by atoms with Crippen molar-refractivity contribution < 1.29 is 9.53 Å². The van der Waals surface area contributed by atoms with E-state index in [0.717, 1.165) is 4.47 Å². The number of hydrogen-bond acceptors (Lipinski definition) is 4. The Bertz CT molecular complexity index is 574. The number of nitrogens with one attached hydrogen (secondary N) is 1. The largest absolute Gasteiger partial charge is 0.444 e. The van der Waals surface area contributed by atoms with Crippen LogP contribution in [0.15, 0.2) is 32.9 Å². The molecule has 0 saturated carbocycles. The Morgan fingerprint density at radius 1 is 1.38 bits per heavy atom. The molecule has 0 atom stereocenters. The second kappa shape index (κ2) is 7.07. The van der Waals surface area contributed by atoms with Crippen molar-refractivity contribution in [3.05, 3.63) is 28.2 Å². The van der Waals surface area contributed by atoms with Gasteiger partial charge in [0.2, 0.25) is 5.96 Å². The zero-order valence-corrected chi connectivity index (χ0v) is 13.6. The smallest absolute Gasteiger partial charge is 0.412 e. The van der Waals surface area contributed by atoms with Gasteiger partial charge in [-0.15, -0.1) is 5.10 Å². The summed E-state index contributed by atoms with van der Waals surface area (Å²) in [5.74, 6) is -0.148. The van der Waals surface area contributed by atoms with Crippen LogP contribution in [0.25, 0.3) is 0 Å². The van der Waals surface area contributed by atoms with Crippen LogP contribution in [0.5, 0.6) is 0 Å². The number of carbonyl (C=O) groups excluding carboxylic acids is 1. The van der Waals surface area contributed by atoms with Crippen LogP contribution in [0.1, 0.15) is 26.3 Å². The number of benzene rings is 1. The van der Waals surface area contributed by atoms with Gasteiger partial charge in [-0.3, -0.25) is 5.32 Å². The first-order valence-electron chi connectivity index (χ1n) is 6.09. The summed E-state index contributed by atoms with van der Waals surface area (Å²) >= 11 is 3.33. The molecule has 1 aromatic carbocycles. The molecule has 0 bridgehead atoms. The third-order valence-corrected chi connectivity index (χ3v) is 2.51. The predicted molar refractivity (Wildman–Crippen MR) is 87.4 cm³/mol. The first-order chi connectivity index (χ1) is 9.67. The number of nitrogens with zero attached hydrogens (tertiary/aromatic N) is 2. The molecule has 0 aliphatic rings. The van der Waals surface area contributed by atoms with Crippen LogP contribution in [0, 0.1) is 0 Å². The van der Waals surface area contributed by atoms with Crippen LogP contribution in [0.4, 0.5) is 10.5 Å². The lowest BCUT2D eigenvalue weighted by Gasteiger charge is -2.20. The summed E-state index contributed by atoms with van der Waals surface area (Å²) in [6, 6.07) is 5.28. The summed E-state index contributed by atoms with van der Waals surface area (Å²) in [4.78, 5) is 11.8. The van der Waals surface area contributed by atoms with Gasteiger partial charge in [0, 0.05) is 10.0 Å². The molecule has 0 heterocycles. The molecule has 0 fully saturated rings. The van der Waals surface area contributed by atoms with Gasteiger partial charge < -0.3 is 16.2 Å². The SMILES string of the molecule is CC(C)(C)OC(=O)Nc1cc(Br)ccc1C=NN=C(N)N. The number of amides is 1. The van der Waals surface area contributed by atoms with Gasteiger partial charge in [0.1, 0.15) is 5.60 Å². The molecule has 21 heavy (non-hydrogen) atoms. The van der Waals surface area contributed by atoms with Gasteiger partial charge in [-0.05, 0) is 32.9 Å². The minimum atomic E-state index is -0.581. The summed E-state index contributed by atoms with van der Waals surface area (Å²) in [5, 5.41) is 9.88. The lowest BCUT2D eigenvalue weighted by molar-refractivity contribution is 0.0636. The van der Waals surface area contributed by atoms with E-state index in [0.29, 0.717) is 11.3 Å². The molecular weight excluding hydrogens is 338 g/mol. The van der Waals surface area contributed by atoms with Crippen molar-refractivity contribution in [1.82, 2.24) is 0 Å². The van der Waals surface area contributed by atoms with E-state index in [1.807, 2.05) is 0 Å². The molecule has 0 aromatic heterocycles. The molecule has 1 rings (SSSR count). The first kappa shape index (κ1) is 17.0. The summed E-state index contributed by atoms with van der Waals surface area (Å²) in [6.07, 6.45) is 0.871. The summed E-state index contributed by atoms with van der Waals surface area (Å²) in [7, 11) is 0. The van der Waals surface area contributed by atoms with Crippen molar-refractivity contribution in [2.75, 3.05) is 5.32 Å². The van der Waals surface area contributed by atoms with Gasteiger partial charge in [0.25, 0.3) is 0 Å². The standard InChI is InChI=1S/C13H18BrN5O2/c1-13(2,3)21-12(20)18-10-6-9(14)5-4-8(10)7-17-19-11(15)16/h4-7H,1-3H3,(H,18,20)(H4,15,16,19). The molecule has 1 amide bonds. The fourth-order valence-electron chi connectivity index (χ4n) is 1.32. The van der Waals surface area contributed by atoms with E-state index in [-0.39, 0.29) is 5.96 Å². The maximum atomic E-state index is 11.8. The van der Waals surface area contributed by atoms with E-state index in [1.165, 1.54) is 6.21 Å². The Kier molecular flexibility index (Phi) is 5.71. The number of hydrogen-bond donors (Lipinski definition) is 3. The molecular formula is C13H18BrN5O2. The summed E-state index contributed by atoms with van der Waals surface area (Å²) in [6.45, 7) is 5.36. The number of carbonyl (C=O) groups is 1.